The molecule has 0 bridgehead atoms. The first kappa shape index (κ1) is 19.0. The van der Waals surface area contributed by atoms with Crippen LogP contribution >= 0.6 is 0 Å². The maximum absolute atomic E-state index is 12.5. The van der Waals surface area contributed by atoms with Crippen molar-refractivity contribution in [2.24, 2.45) is 0 Å². The Bertz CT molecular complexity index is 787. The highest BCUT2D eigenvalue weighted by Crippen LogP contribution is 2.44. The number of rotatable bonds is 7. The third-order valence-corrected chi connectivity index (χ3v) is 5.21. The second-order valence-corrected chi connectivity index (χ2v) is 6.91. The molecule has 1 amide bonds. The molecule has 3 rings (SSSR count). The number of fused-ring (bicyclic) bond motifs is 3. The number of carbonyl (C=O) groups excluding carboxylic acids is 1. The van der Waals surface area contributed by atoms with Crippen molar-refractivity contribution < 1.29 is 19.4 Å². The number of unbranched alkanes of at least 4 members (excludes halogenated alkanes) is 1. The van der Waals surface area contributed by atoms with Crippen LogP contribution in [0.15, 0.2) is 48.5 Å². The number of carboxylic acid groups (broad SMARTS) is 1. The van der Waals surface area contributed by atoms with Gasteiger partial charge in [-0.15, -0.1) is 0 Å². The molecule has 1 atom stereocenters. The van der Waals surface area contributed by atoms with Crippen LogP contribution in [0.1, 0.15) is 43.2 Å². The lowest BCUT2D eigenvalue weighted by Gasteiger charge is -2.25. The number of carbonyl (C=O) groups is 2. The van der Waals surface area contributed by atoms with Crippen LogP contribution in [0.2, 0.25) is 0 Å². The summed E-state index contributed by atoms with van der Waals surface area (Å²) in [5, 5.41) is 9.41. The molecular weight excluding hydrogens is 342 g/mol. The van der Waals surface area contributed by atoms with Gasteiger partial charge in [0, 0.05) is 13.0 Å². The fourth-order valence-corrected chi connectivity index (χ4v) is 3.70. The van der Waals surface area contributed by atoms with Crippen molar-refractivity contribution in [1.82, 2.24) is 4.90 Å². The highest BCUT2D eigenvalue weighted by Gasteiger charge is 2.31. The zero-order valence-corrected chi connectivity index (χ0v) is 15.7. The normalized spacial score (nSPS) is 13.6. The van der Waals surface area contributed by atoms with Crippen molar-refractivity contribution in [2.45, 2.75) is 38.1 Å². The molecule has 1 aliphatic rings. The lowest BCUT2D eigenvalue weighted by atomic mass is 9.98. The summed E-state index contributed by atoms with van der Waals surface area (Å²) in [6.45, 7) is 2.18. The van der Waals surface area contributed by atoms with E-state index >= 15 is 0 Å². The zero-order valence-electron chi connectivity index (χ0n) is 15.7. The number of nitrogens with zero attached hydrogens (tertiary/aromatic N) is 1. The van der Waals surface area contributed by atoms with Gasteiger partial charge in [0.2, 0.25) is 0 Å². The van der Waals surface area contributed by atoms with Gasteiger partial charge in [0.15, 0.2) is 0 Å². The van der Waals surface area contributed by atoms with Crippen LogP contribution in [0.4, 0.5) is 4.79 Å². The van der Waals surface area contributed by atoms with E-state index in [0.717, 1.165) is 35.1 Å². The first-order valence-electron chi connectivity index (χ1n) is 9.35. The molecule has 27 heavy (non-hydrogen) atoms. The molecule has 0 aromatic heterocycles. The molecule has 1 unspecified atom stereocenters. The minimum atomic E-state index is -1.00. The van der Waals surface area contributed by atoms with E-state index in [-0.39, 0.29) is 12.5 Å². The maximum Gasteiger partial charge on any atom is 0.410 e. The smallest absolute Gasteiger partial charge is 0.410 e. The molecule has 0 saturated carbocycles. The van der Waals surface area contributed by atoms with E-state index < -0.39 is 18.1 Å². The van der Waals surface area contributed by atoms with Crippen LogP contribution in [0.25, 0.3) is 11.1 Å². The molecule has 0 fully saturated rings. The highest BCUT2D eigenvalue weighted by atomic mass is 16.6. The van der Waals surface area contributed by atoms with E-state index in [0.29, 0.717) is 6.42 Å². The topological polar surface area (TPSA) is 66.8 Å². The fraction of sp³-hybridized carbons (Fsp3) is 0.364. The predicted molar refractivity (Wildman–Crippen MR) is 104 cm³/mol. The van der Waals surface area contributed by atoms with Gasteiger partial charge in [0.1, 0.15) is 12.6 Å². The highest BCUT2D eigenvalue weighted by molar-refractivity contribution is 5.81. The zero-order chi connectivity index (χ0) is 19.4. The van der Waals surface area contributed by atoms with Crippen molar-refractivity contribution in [1.29, 1.82) is 0 Å². The minimum absolute atomic E-state index is 0.0336. The number of hydrogen-bond acceptors (Lipinski definition) is 3. The molecule has 0 radical (unpaired) electrons. The number of benzene rings is 2. The molecule has 2 aromatic carbocycles. The van der Waals surface area contributed by atoms with E-state index in [4.69, 9.17) is 4.74 Å². The first-order chi connectivity index (χ1) is 13.0. The van der Waals surface area contributed by atoms with Crippen molar-refractivity contribution in [3.8, 4) is 11.1 Å². The third kappa shape index (κ3) is 3.82. The summed E-state index contributed by atoms with van der Waals surface area (Å²) in [5.41, 5.74) is 4.59. The Kier molecular flexibility index (Phi) is 5.79. The summed E-state index contributed by atoms with van der Waals surface area (Å²) in [6, 6.07) is 15.4. The molecule has 2 aromatic rings. The van der Waals surface area contributed by atoms with Crippen LogP contribution < -0.4 is 0 Å². The standard InChI is InChI=1S/C22H25NO4/c1-3-4-13-20(21(24)25)23(2)22(26)27-14-19-17-11-7-5-9-15(17)16-10-6-8-12-18(16)19/h5-12,19-20H,3-4,13-14H2,1-2H3,(H,24,25). The number of aliphatic carboxylic acids is 1. The van der Waals surface area contributed by atoms with Crippen LogP contribution in [0.3, 0.4) is 0 Å². The first-order valence-corrected chi connectivity index (χ1v) is 9.35. The largest absolute Gasteiger partial charge is 0.480 e. The minimum Gasteiger partial charge on any atom is -0.480 e. The Morgan fingerprint density at radius 2 is 1.63 bits per heavy atom. The van der Waals surface area contributed by atoms with Crippen molar-refractivity contribution in [2.75, 3.05) is 13.7 Å². The van der Waals surface area contributed by atoms with E-state index in [1.807, 2.05) is 31.2 Å². The Hall–Kier alpha value is -2.82. The van der Waals surface area contributed by atoms with Gasteiger partial charge < -0.3 is 9.84 Å². The molecular formula is C22H25NO4. The molecule has 142 valence electrons. The van der Waals surface area contributed by atoms with Crippen molar-refractivity contribution in [3.05, 3.63) is 59.7 Å². The van der Waals surface area contributed by atoms with Gasteiger partial charge in [-0.25, -0.2) is 9.59 Å². The van der Waals surface area contributed by atoms with Crippen LogP contribution in [0, 0.1) is 0 Å². The van der Waals surface area contributed by atoms with Gasteiger partial charge in [-0.3, -0.25) is 4.90 Å². The van der Waals surface area contributed by atoms with Crippen LogP contribution in [0.5, 0.6) is 0 Å². The molecule has 1 N–H and O–H groups in total. The molecule has 5 nitrogen and oxygen atoms in total. The van der Waals surface area contributed by atoms with Gasteiger partial charge in [-0.05, 0) is 28.7 Å². The van der Waals surface area contributed by atoms with Gasteiger partial charge in [0.25, 0.3) is 0 Å². The molecule has 0 heterocycles. The number of ether oxygens (including phenoxy) is 1. The van der Waals surface area contributed by atoms with Crippen molar-refractivity contribution in [3.63, 3.8) is 0 Å². The Morgan fingerprint density at radius 1 is 1.07 bits per heavy atom. The fourth-order valence-electron chi connectivity index (χ4n) is 3.70. The molecule has 5 heteroatoms. The summed E-state index contributed by atoms with van der Waals surface area (Å²) in [5.74, 6) is -1.03. The Labute approximate surface area is 159 Å². The quantitative estimate of drug-likeness (QED) is 0.782. The average Bonchev–Trinajstić information content (AvgIpc) is 3.00. The van der Waals surface area contributed by atoms with Crippen molar-refractivity contribution >= 4 is 12.1 Å². The van der Waals surface area contributed by atoms with Crippen LogP contribution in [-0.2, 0) is 9.53 Å². The second kappa shape index (κ2) is 8.25. The number of carboxylic acids is 1. The van der Waals surface area contributed by atoms with E-state index in [9.17, 15) is 14.7 Å². The SMILES string of the molecule is CCCCC(C(=O)O)N(C)C(=O)OCC1c2ccccc2-c2ccccc21. The summed E-state index contributed by atoms with van der Waals surface area (Å²) in [6.07, 6.45) is 1.45. The molecule has 0 aliphatic heterocycles. The lowest BCUT2D eigenvalue weighted by molar-refractivity contribution is -0.142. The van der Waals surface area contributed by atoms with Gasteiger partial charge >= 0.3 is 12.1 Å². The van der Waals surface area contributed by atoms with Gasteiger partial charge in [-0.2, -0.15) is 0 Å². The Morgan fingerprint density at radius 3 is 2.15 bits per heavy atom. The predicted octanol–water partition coefficient (Wildman–Crippen LogP) is 4.51. The molecule has 0 spiro atoms. The van der Waals surface area contributed by atoms with Gasteiger partial charge in [0.05, 0.1) is 0 Å². The maximum atomic E-state index is 12.5. The lowest BCUT2D eigenvalue weighted by Crippen LogP contribution is -2.43. The van der Waals surface area contributed by atoms with Gasteiger partial charge in [-0.1, -0.05) is 68.3 Å². The third-order valence-electron chi connectivity index (χ3n) is 5.21. The second-order valence-electron chi connectivity index (χ2n) is 6.91. The van der Waals surface area contributed by atoms with E-state index in [1.54, 1.807) is 0 Å². The number of hydrogen-bond donors (Lipinski definition) is 1. The average molecular weight is 367 g/mol. The monoisotopic (exact) mass is 367 g/mol. The molecule has 0 saturated heterocycles. The molecule has 1 aliphatic carbocycles. The summed E-state index contributed by atoms with van der Waals surface area (Å²) < 4.78 is 5.54. The number of amides is 1. The number of likely N-dealkylation sites (N-methyl/N-ethyl adjacent to an activating group) is 1. The Balaban J connectivity index is 1.73. The van der Waals surface area contributed by atoms with E-state index in [1.165, 1.54) is 11.9 Å². The van der Waals surface area contributed by atoms with Crippen LogP contribution in [-0.4, -0.2) is 41.8 Å². The van der Waals surface area contributed by atoms with E-state index in [2.05, 4.69) is 24.3 Å². The summed E-state index contributed by atoms with van der Waals surface area (Å²) in [7, 11) is 1.49. The summed E-state index contributed by atoms with van der Waals surface area (Å²) >= 11 is 0. The summed E-state index contributed by atoms with van der Waals surface area (Å²) in [4.78, 5) is 25.2.